The Morgan fingerprint density at radius 3 is 1.98 bits per heavy atom. The van der Waals surface area contributed by atoms with E-state index >= 15 is 0 Å². The zero-order valence-corrected chi connectivity index (χ0v) is 29.4. The molecule has 4 aromatic carbocycles. The van der Waals surface area contributed by atoms with Gasteiger partial charge in [-0.2, -0.15) is 0 Å². The first kappa shape index (κ1) is 36.5. The Morgan fingerprint density at radius 1 is 0.784 bits per heavy atom. The molecule has 10 nitrogen and oxygen atoms in total. The first-order valence-electron chi connectivity index (χ1n) is 16.8. The number of methoxy groups -OCH3 is 3. The Morgan fingerprint density at radius 2 is 1.39 bits per heavy atom. The fourth-order valence-corrected chi connectivity index (χ4v) is 6.28. The molecule has 3 N–H and O–H groups in total. The number of carboxylic acids is 1. The third kappa shape index (κ3) is 8.70. The molecule has 10 heteroatoms. The van der Waals surface area contributed by atoms with Gasteiger partial charge in [0.05, 0.1) is 21.3 Å². The van der Waals surface area contributed by atoms with Crippen LogP contribution in [0.4, 0.5) is 0 Å². The molecule has 0 bridgehead atoms. The molecule has 0 aromatic heterocycles. The Balaban J connectivity index is 1.52. The van der Waals surface area contributed by atoms with Gasteiger partial charge in [-0.05, 0) is 58.9 Å². The number of amides is 2. The van der Waals surface area contributed by atoms with Crippen molar-refractivity contribution in [1.29, 1.82) is 0 Å². The number of fused-ring (bicyclic) bond motifs is 1. The van der Waals surface area contributed by atoms with E-state index < -0.39 is 29.9 Å². The van der Waals surface area contributed by atoms with Crippen LogP contribution in [-0.2, 0) is 27.2 Å². The Hall–Kier alpha value is -5.77. The van der Waals surface area contributed by atoms with Crippen LogP contribution in [0.1, 0.15) is 53.7 Å². The summed E-state index contributed by atoms with van der Waals surface area (Å²) in [4.78, 5) is 40.2. The highest BCUT2D eigenvalue weighted by atomic mass is 16.5. The summed E-state index contributed by atoms with van der Waals surface area (Å²) in [5, 5.41) is 16.1. The second-order valence-corrected chi connectivity index (χ2v) is 12.7. The fraction of sp³-hybridized carbons (Fsp3) is 0.293. The maximum atomic E-state index is 14.4. The van der Waals surface area contributed by atoms with Crippen molar-refractivity contribution in [3.8, 4) is 23.0 Å². The van der Waals surface area contributed by atoms with Crippen molar-refractivity contribution in [1.82, 2.24) is 10.6 Å². The van der Waals surface area contributed by atoms with E-state index in [4.69, 9.17) is 18.9 Å². The molecule has 2 amide bonds. The molecule has 0 radical (unpaired) electrons. The lowest BCUT2D eigenvalue weighted by Gasteiger charge is -2.23. The SMILES string of the molecule is COc1ccc(C2Oc3c(OC)ccc(/C=C/C(=O)NC(Cc4ccccc4)C(C)C)c3C2C(=O)NC(Cc2ccccc2)C(=O)O)cc1OC. The van der Waals surface area contributed by atoms with Crippen molar-refractivity contribution in [2.75, 3.05) is 21.3 Å². The van der Waals surface area contributed by atoms with Crippen LogP contribution in [0, 0.1) is 5.92 Å². The van der Waals surface area contributed by atoms with Crippen LogP contribution < -0.4 is 29.6 Å². The molecule has 1 aliphatic rings. The van der Waals surface area contributed by atoms with Gasteiger partial charge in [0.2, 0.25) is 11.8 Å². The van der Waals surface area contributed by atoms with E-state index in [1.54, 1.807) is 36.4 Å². The standard InChI is InChI=1S/C41H44N2O8/c1-25(2)30(22-26-12-8-6-9-13-26)42-35(44)21-18-28-16-20-33(49-4)39-36(28)37(38(51-39)29-17-19-32(48-3)34(24-29)50-5)40(45)43-31(41(46)47)23-27-14-10-7-11-15-27/h6-21,24-25,30-31,37-38H,22-23H2,1-5H3,(H,42,44)(H,43,45)(H,46,47)/b21-18+. The lowest BCUT2D eigenvalue weighted by atomic mass is 9.86. The molecular weight excluding hydrogens is 648 g/mol. The largest absolute Gasteiger partial charge is 0.493 e. The van der Waals surface area contributed by atoms with Gasteiger partial charge >= 0.3 is 5.97 Å². The van der Waals surface area contributed by atoms with Gasteiger partial charge in [0, 0.05) is 24.1 Å². The van der Waals surface area contributed by atoms with Crippen molar-refractivity contribution in [3.63, 3.8) is 0 Å². The minimum atomic E-state index is -1.22. The van der Waals surface area contributed by atoms with Crippen molar-refractivity contribution in [3.05, 3.63) is 125 Å². The molecule has 51 heavy (non-hydrogen) atoms. The predicted octanol–water partition coefficient (Wildman–Crippen LogP) is 6.14. The van der Waals surface area contributed by atoms with Crippen LogP contribution in [0.2, 0.25) is 0 Å². The van der Waals surface area contributed by atoms with E-state index in [1.165, 1.54) is 27.4 Å². The summed E-state index contributed by atoms with van der Waals surface area (Å²) in [5.74, 6) is -1.26. The van der Waals surface area contributed by atoms with E-state index in [2.05, 4.69) is 24.5 Å². The third-order valence-electron chi connectivity index (χ3n) is 9.03. The second-order valence-electron chi connectivity index (χ2n) is 12.7. The number of ether oxygens (including phenoxy) is 4. The minimum Gasteiger partial charge on any atom is -0.493 e. The molecule has 1 heterocycles. The smallest absolute Gasteiger partial charge is 0.326 e. The topological polar surface area (TPSA) is 132 Å². The number of carboxylic acid groups (broad SMARTS) is 1. The number of hydrogen-bond donors (Lipinski definition) is 3. The summed E-state index contributed by atoms with van der Waals surface area (Å²) >= 11 is 0. The molecule has 0 saturated carbocycles. The number of rotatable bonds is 15. The molecule has 1 aliphatic heterocycles. The molecule has 0 spiro atoms. The van der Waals surface area contributed by atoms with Crippen molar-refractivity contribution in [2.45, 2.75) is 50.8 Å². The van der Waals surface area contributed by atoms with E-state index in [0.717, 1.165) is 11.1 Å². The van der Waals surface area contributed by atoms with E-state index in [0.29, 0.717) is 46.1 Å². The number of carbonyl (C=O) groups is 3. The van der Waals surface area contributed by atoms with Gasteiger partial charge in [-0.25, -0.2) is 4.79 Å². The van der Waals surface area contributed by atoms with E-state index in [1.807, 2.05) is 60.7 Å². The molecular formula is C41H44N2O8. The Bertz CT molecular complexity index is 1860. The van der Waals surface area contributed by atoms with Gasteiger partial charge in [-0.3, -0.25) is 9.59 Å². The maximum Gasteiger partial charge on any atom is 0.326 e. The zero-order chi connectivity index (χ0) is 36.5. The summed E-state index contributed by atoms with van der Waals surface area (Å²) in [5.41, 5.74) is 3.47. The monoisotopic (exact) mass is 692 g/mol. The molecule has 0 aliphatic carbocycles. The zero-order valence-electron chi connectivity index (χ0n) is 29.4. The average molecular weight is 693 g/mol. The normalized spacial score (nSPS) is 16.1. The van der Waals surface area contributed by atoms with Crippen LogP contribution in [-0.4, -0.2) is 56.3 Å². The highest BCUT2D eigenvalue weighted by molar-refractivity contribution is 5.95. The summed E-state index contributed by atoms with van der Waals surface area (Å²) < 4.78 is 23.2. The highest BCUT2D eigenvalue weighted by Gasteiger charge is 2.45. The third-order valence-corrected chi connectivity index (χ3v) is 9.03. The van der Waals surface area contributed by atoms with Gasteiger partial charge in [0.1, 0.15) is 18.1 Å². The van der Waals surface area contributed by atoms with Gasteiger partial charge in [-0.1, -0.05) is 86.6 Å². The van der Waals surface area contributed by atoms with Crippen LogP contribution in [0.5, 0.6) is 23.0 Å². The molecule has 0 fully saturated rings. The van der Waals surface area contributed by atoms with Crippen LogP contribution >= 0.6 is 0 Å². The summed E-state index contributed by atoms with van der Waals surface area (Å²) in [6.45, 7) is 4.12. The predicted molar refractivity (Wildman–Crippen MR) is 194 cm³/mol. The first-order valence-corrected chi connectivity index (χ1v) is 16.8. The van der Waals surface area contributed by atoms with Crippen molar-refractivity contribution >= 4 is 23.9 Å². The number of nitrogens with one attached hydrogen (secondary N) is 2. The average Bonchev–Trinajstić information content (AvgIpc) is 3.55. The molecule has 4 atom stereocenters. The summed E-state index contributed by atoms with van der Waals surface area (Å²) in [6, 6.07) is 26.4. The lowest BCUT2D eigenvalue weighted by Crippen LogP contribution is -2.45. The summed E-state index contributed by atoms with van der Waals surface area (Å²) in [6.07, 6.45) is 2.93. The highest BCUT2D eigenvalue weighted by Crippen LogP contribution is 2.53. The second kappa shape index (κ2) is 16.8. The number of aliphatic carboxylic acids is 1. The van der Waals surface area contributed by atoms with E-state index in [9.17, 15) is 19.5 Å². The fourth-order valence-electron chi connectivity index (χ4n) is 6.28. The van der Waals surface area contributed by atoms with Crippen molar-refractivity contribution in [2.24, 2.45) is 5.92 Å². The Kier molecular flexibility index (Phi) is 12.0. The van der Waals surface area contributed by atoms with Crippen LogP contribution in [0.25, 0.3) is 6.08 Å². The molecule has 4 aromatic rings. The van der Waals surface area contributed by atoms with Crippen LogP contribution in [0.15, 0.2) is 97.1 Å². The summed E-state index contributed by atoms with van der Waals surface area (Å²) in [7, 11) is 4.54. The molecule has 266 valence electrons. The van der Waals surface area contributed by atoms with Gasteiger partial charge in [0.15, 0.2) is 23.0 Å². The lowest BCUT2D eigenvalue weighted by molar-refractivity contribution is -0.142. The molecule has 5 rings (SSSR count). The van der Waals surface area contributed by atoms with Crippen molar-refractivity contribution < 1.29 is 38.4 Å². The number of hydrogen-bond acceptors (Lipinski definition) is 7. The quantitative estimate of drug-likeness (QED) is 0.127. The first-order chi connectivity index (χ1) is 24.6. The van der Waals surface area contributed by atoms with Gasteiger partial charge < -0.3 is 34.7 Å². The maximum absolute atomic E-state index is 14.4. The van der Waals surface area contributed by atoms with E-state index in [-0.39, 0.29) is 24.3 Å². The molecule has 4 unspecified atom stereocenters. The van der Waals surface area contributed by atoms with Gasteiger partial charge in [-0.15, -0.1) is 0 Å². The Labute approximate surface area is 298 Å². The minimum absolute atomic E-state index is 0.0778. The van der Waals surface area contributed by atoms with Gasteiger partial charge in [0.25, 0.3) is 0 Å². The number of benzene rings is 4. The molecule has 0 saturated heterocycles. The number of carbonyl (C=O) groups excluding carboxylic acids is 2. The van der Waals surface area contributed by atoms with Crippen LogP contribution in [0.3, 0.4) is 0 Å².